The van der Waals surface area contributed by atoms with Crippen molar-refractivity contribution >= 4 is 51.5 Å². The summed E-state index contributed by atoms with van der Waals surface area (Å²) in [6, 6.07) is 14.6. The SMILES string of the molecule is Cc1c(N)c2cc(-c3ccc(Cl)cc3)c(-c3ccc(Cl)cc3Cl)nc2n(C)c1=O. The highest BCUT2D eigenvalue weighted by Crippen LogP contribution is 2.38. The van der Waals surface area contributed by atoms with Gasteiger partial charge in [0.25, 0.3) is 5.56 Å². The molecule has 4 rings (SSSR count). The van der Waals surface area contributed by atoms with Gasteiger partial charge in [-0.2, -0.15) is 0 Å². The van der Waals surface area contributed by atoms with Gasteiger partial charge in [-0.25, -0.2) is 4.98 Å². The molecule has 0 saturated heterocycles. The smallest absolute Gasteiger partial charge is 0.256 e. The molecule has 2 heterocycles. The van der Waals surface area contributed by atoms with E-state index in [0.717, 1.165) is 11.1 Å². The highest BCUT2D eigenvalue weighted by molar-refractivity contribution is 6.36. The number of nitrogens with zero attached hydrogens (tertiary/aromatic N) is 2. The molecule has 7 heteroatoms. The Labute approximate surface area is 182 Å². The lowest BCUT2D eigenvalue weighted by molar-refractivity contribution is 0.878. The number of nitrogens with two attached hydrogens (primary N) is 1. The third-order valence-corrected chi connectivity index (χ3v) is 5.78. The fraction of sp³-hybridized carbons (Fsp3) is 0.0909. The number of hydrogen-bond donors (Lipinski definition) is 1. The predicted molar refractivity (Wildman–Crippen MR) is 122 cm³/mol. The first-order chi connectivity index (χ1) is 13.8. The molecule has 4 nitrogen and oxygen atoms in total. The number of pyridine rings is 2. The molecule has 0 aliphatic rings. The first-order valence-electron chi connectivity index (χ1n) is 8.79. The molecule has 0 aliphatic carbocycles. The van der Waals surface area contributed by atoms with Crippen molar-refractivity contribution in [2.45, 2.75) is 6.92 Å². The number of aryl methyl sites for hydroxylation is 1. The van der Waals surface area contributed by atoms with E-state index in [0.29, 0.717) is 48.6 Å². The lowest BCUT2D eigenvalue weighted by Crippen LogP contribution is -2.22. The first kappa shape index (κ1) is 19.8. The molecule has 0 aliphatic heterocycles. The van der Waals surface area contributed by atoms with Crippen molar-refractivity contribution in [3.8, 4) is 22.4 Å². The second-order valence-electron chi connectivity index (χ2n) is 6.79. The molecule has 0 atom stereocenters. The number of halogens is 3. The summed E-state index contributed by atoms with van der Waals surface area (Å²) in [4.78, 5) is 17.4. The summed E-state index contributed by atoms with van der Waals surface area (Å²) in [5.41, 5.74) is 10.5. The monoisotopic (exact) mass is 443 g/mol. The lowest BCUT2D eigenvalue weighted by Gasteiger charge is -2.16. The number of hydrogen-bond acceptors (Lipinski definition) is 3. The summed E-state index contributed by atoms with van der Waals surface area (Å²) in [5, 5.41) is 2.32. The van der Waals surface area contributed by atoms with Gasteiger partial charge in [0, 0.05) is 39.2 Å². The van der Waals surface area contributed by atoms with E-state index in [1.807, 2.05) is 36.4 Å². The molecule has 0 amide bonds. The van der Waals surface area contributed by atoms with Crippen LogP contribution in [0.5, 0.6) is 0 Å². The topological polar surface area (TPSA) is 60.9 Å². The van der Waals surface area contributed by atoms with Gasteiger partial charge in [-0.1, -0.05) is 46.9 Å². The van der Waals surface area contributed by atoms with E-state index in [1.54, 1.807) is 26.1 Å². The van der Waals surface area contributed by atoms with Gasteiger partial charge in [0.15, 0.2) is 0 Å². The largest absolute Gasteiger partial charge is 0.398 e. The van der Waals surface area contributed by atoms with Crippen LogP contribution in [0.3, 0.4) is 0 Å². The van der Waals surface area contributed by atoms with Gasteiger partial charge < -0.3 is 5.73 Å². The van der Waals surface area contributed by atoms with Crippen molar-refractivity contribution < 1.29 is 0 Å². The van der Waals surface area contributed by atoms with Gasteiger partial charge in [0.05, 0.1) is 16.4 Å². The normalized spacial score (nSPS) is 11.2. The van der Waals surface area contributed by atoms with Crippen LogP contribution in [0.2, 0.25) is 15.1 Å². The van der Waals surface area contributed by atoms with Crippen molar-refractivity contribution in [3.63, 3.8) is 0 Å². The maximum absolute atomic E-state index is 12.5. The molecular formula is C22H16Cl3N3O. The molecule has 2 aromatic carbocycles. The van der Waals surface area contributed by atoms with Crippen molar-refractivity contribution in [1.29, 1.82) is 0 Å². The Morgan fingerprint density at radius 3 is 2.24 bits per heavy atom. The number of fused-ring (bicyclic) bond motifs is 1. The standard InChI is InChI=1S/C22H16Cl3N3O/c1-11-19(26)17-10-16(12-3-5-13(23)6-4-12)20(27-21(17)28(2)22(11)29)15-8-7-14(24)9-18(15)25/h3-10H,26H2,1-2H3. The summed E-state index contributed by atoms with van der Waals surface area (Å²) in [6.45, 7) is 1.71. The molecule has 2 aromatic heterocycles. The number of anilines is 1. The van der Waals surface area contributed by atoms with E-state index < -0.39 is 0 Å². The number of aromatic nitrogens is 2. The van der Waals surface area contributed by atoms with E-state index in [9.17, 15) is 4.79 Å². The van der Waals surface area contributed by atoms with E-state index >= 15 is 0 Å². The number of benzene rings is 2. The van der Waals surface area contributed by atoms with Gasteiger partial charge in [-0.3, -0.25) is 9.36 Å². The number of rotatable bonds is 2. The summed E-state index contributed by atoms with van der Waals surface area (Å²) in [7, 11) is 1.68. The van der Waals surface area contributed by atoms with Gasteiger partial charge in [-0.15, -0.1) is 0 Å². The first-order valence-corrected chi connectivity index (χ1v) is 9.92. The minimum absolute atomic E-state index is 0.185. The van der Waals surface area contributed by atoms with Crippen LogP contribution in [0.25, 0.3) is 33.4 Å². The van der Waals surface area contributed by atoms with E-state index in [-0.39, 0.29) is 5.56 Å². The van der Waals surface area contributed by atoms with E-state index in [4.69, 9.17) is 45.5 Å². The Balaban J connectivity index is 2.15. The zero-order chi connectivity index (χ0) is 20.9. The Kier molecular flexibility index (Phi) is 5.03. The third kappa shape index (κ3) is 3.38. The predicted octanol–water partition coefficient (Wildman–Crippen LogP) is 6.12. The van der Waals surface area contributed by atoms with Crippen molar-refractivity contribution in [2.24, 2.45) is 7.05 Å². The van der Waals surface area contributed by atoms with Gasteiger partial charge in [-0.05, 0) is 48.9 Å². The van der Waals surface area contributed by atoms with E-state index in [1.165, 1.54) is 4.57 Å². The Bertz CT molecular complexity index is 1330. The van der Waals surface area contributed by atoms with Crippen molar-refractivity contribution in [2.75, 3.05) is 5.73 Å². The molecule has 4 aromatic rings. The Hall–Kier alpha value is -2.53. The minimum Gasteiger partial charge on any atom is -0.398 e. The zero-order valence-corrected chi connectivity index (χ0v) is 17.9. The maximum Gasteiger partial charge on any atom is 0.256 e. The van der Waals surface area contributed by atoms with Gasteiger partial charge >= 0.3 is 0 Å². The van der Waals surface area contributed by atoms with Crippen LogP contribution in [0.15, 0.2) is 53.3 Å². The molecule has 0 fully saturated rings. The Morgan fingerprint density at radius 1 is 0.931 bits per heavy atom. The van der Waals surface area contributed by atoms with Crippen LogP contribution in [0, 0.1) is 6.92 Å². The second kappa shape index (κ2) is 7.38. The zero-order valence-electron chi connectivity index (χ0n) is 15.6. The molecule has 0 bridgehead atoms. The third-order valence-electron chi connectivity index (χ3n) is 4.98. The fourth-order valence-electron chi connectivity index (χ4n) is 3.36. The average molecular weight is 445 g/mol. The molecule has 146 valence electrons. The highest BCUT2D eigenvalue weighted by Gasteiger charge is 2.18. The summed E-state index contributed by atoms with van der Waals surface area (Å²) in [5.74, 6) is 0. The van der Waals surface area contributed by atoms with Crippen molar-refractivity contribution in [1.82, 2.24) is 9.55 Å². The highest BCUT2D eigenvalue weighted by atomic mass is 35.5. The summed E-state index contributed by atoms with van der Waals surface area (Å²) in [6.07, 6.45) is 0. The average Bonchev–Trinajstić information content (AvgIpc) is 2.70. The van der Waals surface area contributed by atoms with Crippen LogP contribution in [0.1, 0.15) is 5.56 Å². The molecule has 29 heavy (non-hydrogen) atoms. The van der Waals surface area contributed by atoms with Crippen LogP contribution in [-0.2, 0) is 7.05 Å². The molecule has 2 N–H and O–H groups in total. The van der Waals surface area contributed by atoms with Crippen LogP contribution >= 0.6 is 34.8 Å². The molecule has 0 saturated carbocycles. The molecule has 0 unspecified atom stereocenters. The maximum atomic E-state index is 12.5. The minimum atomic E-state index is -0.185. The molecule has 0 spiro atoms. The Morgan fingerprint density at radius 2 is 1.59 bits per heavy atom. The van der Waals surface area contributed by atoms with Crippen LogP contribution < -0.4 is 11.3 Å². The fourth-order valence-corrected chi connectivity index (χ4v) is 3.98. The molecular weight excluding hydrogens is 429 g/mol. The van der Waals surface area contributed by atoms with Gasteiger partial charge in [0.2, 0.25) is 0 Å². The van der Waals surface area contributed by atoms with Crippen LogP contribution in [0.4, 0.5) is 5.69 Å². The summed E-state index contributed by atoms with van der Waals surface area (Å²) < 4.78 is 1.50. The second-order valence-corrected chi connectivity index (χ2v) is 8.07. The molecule has 0 radical (unpaired) electrons. The number of nitrogen functional groups attached to an aromatic ring is 1. The summed E-state index contributed by atoms with van der Waals surface area (Å²) >= 11 is 18.6. The van der Waals surface area contributed by atoms with E-state index in [2.05, 4.69) is 0 Å². The van der Waals surface area contributed by atoms with Crippen LogP contribution in [-0.4, -0.2) is 9.55 Å². The van der Waals surface area contributed by atoms with Crippen molar-refractivity contribution in [3.05, 3.63) is 79.5 Å². The lowest BCUT2D eigenvalue weighted by atomic mass is 9.97. The van der Waals surface area contributed by atoms with Gasteiger partial charge in [0.1, 0.15) is 5.65 Å². The quantitative estimate of drug-likeness (QED) is 0.405.